The molecule has 0 saturated heterocycles. The van der Waals surface area contributed by atoms with Crippen LogP contribution in [0.3, 0.4) is 0 Å². The molecule has 0 aliphatic heterocycles. The van der Waals surface area contributed by atoms with Gasteiger partial charge in [0.05, 0.1) is 11.2 Å². The normalized spacial score (nSPS) is 13.7. The molecule has 0 heterocycles. The summed E-state index contributed by atoms with van der Waals surface area (Å²) < 4.78 is 12.1. The summed E-state index contributed by atoms with van der Waals surface area (Å²) in [6, 6.07) is 9.81. The molecule has 2 nitrogen and oxygen atoms in total. The second-order valence-electron chi connectivity index (χ2n) is 6.33. The minimum atomic E-state index is -2.92. The van der Waals surface area contributed by atoms with Crippen LogP contribution in [-0.2, 0) is 8.85 Å². The summed E-state index contributed by atoms with van der Waals surface area (Å²) in [7, 11) is -2.92. The molecule has 1 aromatic rings. The van der Waals surface area contributed by atoms with Crippen molar-refractivity contribution in [3.05, 3.63) is 30.3 Å². The molecule has 0 amide bonds. The highest BCUT2D eigenvalue weighted by atomic mass is 35.6. The predicted molar refractivity (Wildman–Crippen MR) is 79.4 cm³/mol. The maximum atomic E-state index is 6.73. The largest absolute Gasteiger partial charge is 0.479 e. The van der Waals surface area contributed by atoms with Crippen molar-refractivity contribution in [2.75, 3.05) is 0 Å². The van der Waals surface area contributed by atoms with E-state index >= 15 is 0 Å². The van der Waals surface area contributed by atoms with Crippen molar-refractivity contribution in [3.8, 4) is 0 Å². The van der Waals surface area contributed by atoms with E-state index in [-0.39, 0.29) is 11.2 Å². The first-order chi connectivity index (χ1) is 8.02. The molecule has 1 rings (SSSR count). The third-order valence-electron chi connectivity index (χ3n) is 1.99. The average molecular weight is 287 g/mol. The molecule has 0 atom stereocenters. The molecule has 0 N–H and O–H groups in total. The first-order valence-electron chi connectivity index (χ1n) is 6.17. The van der Waals surface area contributed by atoms with Crippen LogP contribution in [0.15, 0.2) is 30.3 Å². The van der Waals surface area contributed by atoms with Crippen LogP contribution in [0.25, 0.3) is 0 Å². The van der Waals surface area contributed by atoms with Gasteiger partial charge in [-0.15, -0.1) is 0 Å². The second-order valence-corrected chi connectivity index (χ2v) is 9.88. The van der Waals surface area contributed by atoms with Gasteiger partial charge in [0, 0.05) is 5.19 Å². The zero-order chi connectivity index (χ0) is 14.0. The Bertz CT molecular complexity index is 363. The van der Waals surface area contributed by atoms with Gasteiger partial charge in [0.2, 0.25) is 0 Å². The molecular weight excluding hydrogens is 264 g/mol. The van der Waals surface area contributed by atoms with Gasteiger partial charge < -0.3 is 8.85 Å². The van der Waals surface area contributed by atoms with Crippen LogP contribution >= 0.6 is 11.1 Å². The quantitative estimate of drug-likeness (QED) is 0.623. The summed E-state index contributed by atoms with van der Waals surface area (Å²) in [6.45, 7) is 12.0. The molecule has 18 heavy (non-hydrogen) atoms. The average Bonchev–Trinajstić information content (AvgIpc) is 2.13. The Morgan fingerprint density at radius 3 is 1.56 bits per heavy atom. The maximum Gasteiger partial charge on any atom is 0.479 e. The minimum Gasteiger partial charge on any atom is -0.375 e. The molecule has 0 aliphatic rings. The summed E-state index contributed by atoms with van der Waals surface area (Å²) in [4.78, 5) is 0. The number of hydrogen-bond donors (Lipinski definition) is 0. The maximum absolute atomic E-state index is 6.73. The van der Waals surface area contributed by atoms with Crippen molar-refractivity contribution in [1.82, 2.24) is 0 Å². The Kier molecular flexibility index (Phi) is 4.65. The number of rotatable bonds is 3. The molecule has 0 aliphatic carbocycles. The molecule has 0 fully saturated rings. The lowest BCUT2D eigenvalue weighted by molar-refractivity contribution is 0.0341. The van der Waals surface area contributed by atoms with Gasteiger partial charge in [-0.05, 0) is 41.5 Å². The summed E-state index contributed by atoms with van der Waals surface area (Å²) in [5.74, 6) is 0. The van der Waals surface area contributed by atoms with Crippen LogP contribution in [0.2, 0.25) is 0 Å². The summed E-state index contributed by atoms with van der Waals surface area (Å²) in [6.07, 6.45) is 0. The first-order valence-corrected chi connectivity index (χ1v) is 8.99. The zero-order valence-electron chi connectivity index (χ0n) is 12.1. The molecule has 0 radical (unpaired) electrons. The second kappa shape index (κ2) is 5.33. The fourth-order valence-corrected chi connectivity index (χ4v) is 5.77. The van der Waals surface area contributed by atoms with Gasteiger partial charge in [0.15, 0.2) is 0 Å². The lowest BCUT2D eigenvalue weighted by Crippen LogP contribution is -2.56. The van der Waals surface area contributed by atoms with E-state index in [2.05, 4.69) is 0 Å². The monoisotopic (exact) mass is 286 g/mol. The van der Waals surface area contributed by atoms with Crippen molar-refractivity contribution in [2.45, 2.75) is 52.7 Å². The standard InChI is InChI=1S/C14H23ClO2Si/c1-13(2,3)16-18(15,17-14(4,5)6)12-10-8-7-9-11-12/h7-11H,1-6H3. The Morgan fingerprint density at radius 2 is 1.22 bits per heavy atom. The molecule has 0 aromatic heterocycles. The molecule has 0 unspecified atom stereocenters. The smallest absolute Gasteiger partial charge is 0.375 e. The lowest BCUT2D eigenvalue weighted by atomic mass is 10.2. The van der Waals surface area contributed by atoms with Crippen molar-refractivity contribution >= 4 is 24.1 Å². The van der Waals surface area contributed by atoms with E-state index < -0.39 is 7.87 Å². The summed E-state index contributed by atoms with van der Waals surface area (Å²) in [5.41, 5.74) is -0.676. The van der Waals surface area contributed by atoms with E-state index in [4.69, 9.17) is 19.9 Å². The Labute approximate surface area is 116 Å². The van der Waals surface area contributed by atoms with Crippen LogP contribution in [0, 0.1) is 0 Å². The van der Waals surface area contributed by atoms with E-state index in [9.17, 15) is 0 Å². The zero-order valence-corrected chi connectivity index (χ0v) is 13.8. The molecular formula is C14H23ClO2Si. The van der Waals surface area contributed by atoms with E-state index in [1.54, 1.807) is 0 Å². The van der Waals surface area contributed by atoms with Gasteiger partial charge in [-0.25, -0.2) is 0 Å². The Hall–Kier alpha value is -0.353. The van der Waals surface area contributed by atoms with Crippen molar-refractivity contribution < 1.29 is 8.85 Å². The first kappa shape index (κ1) is 15.7. The van der Waals surface area contributed by atoms with Crippen LogP contribution in [-0.4, -0.2) is 19.1 Å². The topological polar surface area (TPSA) is 18.5 Å². The molecule has 1 aromatic carbocycles. The SMILES string of the molecule is CC(C)(C)O[Si](Cl)(OC(C)(C)C)c1ccccc1. The highest BCUT2D eigenvalue weighted by molar-refractivity contribution is 7.20. The van der Waals surface area contributed by atoms with Crippen LogP contribution in [0.4, 0.5) is 0 Å². The minimum absolute atomic E-state index is 0.338. The van der Waals surface area contributed by atoms with Crippen LogP contribution in [0.1, 0.15) is 41.5 Å². The lowest BCUT2D eigenvalue weighted by Gasteiger charge is -2.36. The van der Waals surface area contributed by atoms with Crippen LogP contribution < -0.4 is 5.19 Å². The van der Waals surface area contributed by atoms with Gasteiger partial charge >= 0.3 is 7.87 Å². The van der Waals surface area contributed by atoms with Gasteiger partial charge in [-0.2, -0.15) is 0 Å². The molecule has 0 saturated carbocycles. The summed E-state index contributed by atoms with van der Waals surface area (Å²) >= 11 is 6.73. The predicted octanol–water partition coefficient (Wildman–Crippen LogP) is 3.70. The third kappa shape index (κ3) is 5.10. The van der Waals surface area contributed by atoms with Gasteiger partial charge in [-0.1, -0.05) is 41.4 Å². The highest BCUT2D eigenvalue weighted by Gasteiger charge is 2.45. The van der Waals surface area contributed by atoms with Gasteiger partial charge in [0.1, 0.15) is 0 Å². The number of benzene rings is 1. The van der Waals surface area contributed by atoms with Crippen molar-refractivity contribution in [2.24, 2.45) is 0 Å². The van der Waals surface area contributed by atoms with Gasteiger partial charge in [-0.3, -0.25) is 0 Å². The van der Waals surface area contributed by atoms with Crippen molar-refractivity contribution in [3.63, 3.8) is 0 Å². The van der Waals surface area contributed by atoms with E-state index in [1.807, 2.05) is 71.9 Å². The van der Waals surface area contributed by atoms with E-state index in [0.717, 1.165) is 5.19 Å². The van der Waals surface area contributed by atoms with E-state index in [0.29, 0.717) is 0 Å². The van der Waals surface area contributed by atoms with E-state index in [1.165, 1.54) is 0 Å². The van der Waals surface area contributed by atoms with Crippen molar-refractivity contribution in [1.29, 1.82) is 0 Å². The fraction of sp³-hybridized carbons (Fsp3) is 0.571. The number of hydrogen-bond acceptors (Lipinski definition) is 2. The number of halogens is 1. The third-order valence-corrected chi connectivity index (χ3v) is 5.88. The van der Waals surface area contributed by atoms with Crippen LogP contribution in [0.5, 0.6) is 0 Å². The highest BCUT2D eigenvalue weighted by Crippen LogP contribution is 2.26. The molecule has 0 spiro atoms. The molecule has 102 valence electrons. The van der Waals surface area contributed by atoms with Gasteiger partial charge in [0.25, 0.3) is 0 Å². The summed E-state index contributed by atoms with van der Waals surface area (Å²) in [5, 5.41) is 0.941. The molecule has 0 bridgehead atoms. The molecule has 4 heteroatoms. The fourth-order valence-electron chi connectivity index (χ4n) is 1.56. The Balaban J connectivity index is 3.09. The Morgan fingerprint density at radius 1 is 0.833 bits per heavy atom.